The van der Waals surface area contributed by atoms with Crippen LogP contribution < -0.4 is 0 Å². The van der Waals surface area contributed by atoms with Gasteiger partial charge in [0.1, 0.15) is 5.69 Å². The topological polar surface area (TPSA) is 70.8 Å². The summed E-state index contributed by atoms with van der Waals surface area (Å²) in [4.78, 5) is 16.5. The summed E-state index contributed by atoms with van der Waals surface area (Å²) in [7, 11) is 1.79. The van der Waals surface area contributed by atoms with Crippen LogP contribution in [0.3, 0.4) is 0 Å². The Morgan fingerprint density at radius 3 is 2.64 bits per heavy atom. The van der Waals surface area contributed by atoms with Crippen LogP contribution in [0.5, 0.6) is 0 Å². The van der Waals surface area contributed by atoms with Gasteiger partial charge in [0.15, 0.2) is 0 Å². The van der Waals surface area contributed by atoms with E-state index in [2.05, 4.69) is 10.00 Å². The smallest absolute Gasteiger partial charge is 0.272 e. The van der Waals surface area contributed by atoms with Crippen molar-refractivity contribution in [1.29, 1.82) is 0 Å². The van der Waals surface area contributed by atoms with Gasteiger partial charge < -0.3 is 14.7 Å². The van der Waals surface area contributed by atoms with Gasteiger partial charge in [0.25, 0.3) is 5.91 Å². The molecule has 22 heavy (non-hydrogen) atoms. The van der Waals surface area contributed by atoms with Crippen molar-refractivity contribution in [3.05, 3.63) is 17.5 Å². The van der Waals surface area contributed by atoms with Gasteiger partial charge in [-0.05, 0) is 19.9 Å². The van der Waals surface area contributed by atoms with E-state index in [9.17, 15) is 9.90 Å². The first-order chi connectivity index (χ1) is 10.5. The highest BCUT2D eigenvalue weighted by Gasteiger charge is 2.25. The summed E-state index contributed by atoms with van der Waals surface area (Å²) < 4.78 is 6.85. The number of aliphatic hydroxyl groups is 1. The van der Waals surface area contributed by atoms with Gasteiger partial charge in [-0.3, -0.25) is 14.4 Å². The quantitative estimate of drug-likeness (QED) is 0.793. The Balaban J connectivity index is 1.82. The van der Waals surface area contributed by atoms with Crippen LogP contribution in [-0.2, 0) is 11.8 Å². The van der Waals surface area contributed by atoms with Gasteiger partial charge in [-0.2, -0.15) is 5.10 Å². The minimum Gasteiger partial charge on any atom is -0.389 e. The molecule has 1 aliphatic heterocycles. The molecule has 124 valence electrons. The summed E-state index contributed by atoms with van der Waals surface area (Å²) >= 11 is 0. The average molecular weight is 310 g/mol. The van der Waals surface area contributed by atoms with Crippen molar-refractivity contribution in [3.63, 3.8) is 0 Å². The summed E-state index contributed by atoms with van der Waals surface area (Å²) in [6.07, 6.45) is -0.470. The van der Waals surface area contributed by atoms with Crippen LogP contribution in [0.25, 0.3) is 0 Å². The lowest BCUT2D eigenvalue weighted by atomic mass is 10.2. The summed E-state index contributed by atoms with van der Waals surface area (Å²) in [5.74, 6) is 0.0256. The maximum atomic E-state index is 12.5. The summed E-state index contributed by atoms with van der Waals surface area (Å²) in [6.45, 7) is 8.25. The minimum absolute atomic E-state index is 0.0256. The van der Waals surface area contributed by atoms with E-state index < -0.39 is 6.10 Å². The number of ether oxygens (including phenoxy) is 1. The van der Waals surface area contributed by atoms with E-state index in [0.717, 1.165) is 18.8 Å². The Labute approximate surface area is 131 Å². The van der Waals surface area contributed by atoms with Gasteiger partial charge >= 0.3 is 0 Å². The lowest BCUT2D eigenvalue weighted by Gasteiger charge is -2.35. The van der Waals surface area contributed by atoms with E-state index in [1.54, 1.807) is 11.7 Å². The van der Waals surface area contributed by atoms with E-state index >= 15 is 0 Å². The molecule has 2 heterocycles. The SMILES string of the molecule is CCOC[C@@H](O)CN1CCN(C(=O)c2cc(C)nn2C)CC1. The van der Waals surface area contributed by atoms with Crippen molar-refractivity contribution in [3.8, 4) is 0 Å². The highest BCUT2D eigenvalue weighted by molar-refractivity contribution is 5.92. The van der Waals surface area contributed by atoms with Crippen molar-refractivity contribution < 1.29 is 14.6 Å². The molecular formula is C15H26N4O3. The molecule has 0 radical (unpaired) electrons. The molecule has 1 aromatic rings. The first-order valence-corrected chi connectivity index (χ1v) is 7.79. The standard InChI is InChI=1S/C15H26N4O3/c1-4-22-11-13(20)10-18-5-7-19(8-6-18)15(21)14-9-12(2)16-17(14)3/h9,13,20H,4-8,10-11H2,1-3H3/t13-/m0/s1. The zero-order valence-electron chi connectivity index (χ0n) is 13.7. The van der Waals surface area contributed by atoms with Crippen molar-refractivity contribution in [2.24, 2.45) is 7.05 Å². The van der Waals surface area contributed by atoms with Crippen molar-refractivity contribution in [2.75, 3.05) is 45.9 Å². The predicted molar refractivity (Wildman–Crippen MR) is 82.8 cm³/mol. The lowest BCUT2D eigenvalue weighted by molar-refractivity contribution is 0.0110. The van der Waals surface area contributed by atoms with Crippen molar-refractivity contribution >= 4 is 5.91 Å². The molecular weight excluding hydrogens is 284 g/mol. The highest BCUT2D eigenvalue weighted by atomic mass is 16.5. The first-order valence-electron chi connectivity index (χ1n) is 7.79. The lowest BCUT2D eigenvalue weighted by Crippen LogP contribution is -2.51. The summed E-state index contributed by atoms with van der Waals surface area (Å²) in [5.41, 5.74) is 1.48. The van der Waals surface area contributed by atoms with Gasteiger partial charge in [-0.25, -0.2) is 0 Å². The molecule has 1 fully saturated rings. The molecule has 0 unspecified atom stereocenters. The second-order valence-electron chi connectivity index (χ2n) is 5.70. The molecule has 1 N–H and O–H groups in total. The number of carbonyl (C=O) groups is 1. The molecule has 1 saturated heterocycles. The van der Waals surface area contributed by atoms with Crippen LogP contribution >= 0.6 is 0 Å². The molecule has 7 nitrogen and oxygen atoms in total. The number of hydrogen-bond acceptors (Lipinski definition) is 5. The maximum absolute atomic E-state index is 12.5. The molecule has 0 bridgehead atoms. The number of piperazine rings is 1. The number of aromatic nitrogens is 2. The fourth-order valence-corrected chi connectivity index (χ4v) is 2.71. The predicted octanol–water partition coefficient (Wildman–Crippen LogP) is -0.116. The fraction of sp³-hybridized carbons (Fsp3) is 0.733. The third-order valence-corrected chi connectivity index (χ3v) is 3.86. The molecule has 1 atom stereocenters. The second-order valence-corrected chi connectivity index (χ2v) is 5.70. The Bertz CT molecular complexity index is 495. The normalized spacial score (nSPS) is 17.7. The Morgan fingerprint density at radius 2 is 2.09 bits per heavy atom. The number of hydrogen-bond donors (Lipinski definition) is 1. The molecule has 0 saturated carbocycles. The number of amides is 1. The van der Waals surface area contributed by atoms with E-state index in [1.165, 1.54) is 0 Å². The maximum Gasteiger partial charge on any atom is 0.272 e. The van der Waals surface area contributed by atoms with E-state index in [4.69, 9.17) is 4.74 Å². The average Bonchev–Trinajstić information content (AvgIpc) is 2.84. The Hall–Kier alpha value is -1.44. The van der Waals surface area contributed by atoms with Crippen molar-refractivity contribution in [1.82, 2.24) is 19.6 Å². The molecule has 0 aromatic carbocycles. The number of aryl methyl sites for hydroxylation is 2. The van der Waals surface area contributed by atoms with Crippen LogP contribution in [-0.4, -0.2) is 82.6 Å². The number of aliphatic hydroxyl groups excluding tert-OH is 1. The third-order valence-electron chi connectivity index (χ3n) is 3.86. The molecule has 2 rings (SSSR count). The number of carbonyl (C=O) groups excluding carboxylic acids is 1. The van der Waals surface area contributed by atoms with Crippen molar-refractivity contribution in [2.45, 2.75) is 20.0 Å². The number of rotatable bonds is 6. The van der Waals surface area contributed by atoms with Gasteiger partial charge in [0, 0.05) is 46.4 Å². The van der Waals surface area contributed by atoms with Crippen LogP contribution in [0.15, 0.2) is 6.07 Å². The van der Waals surface area contributed by atoms with E-state index in [0.29, 0.717) is 38.5 Å². The molecule has 1 amide bonds. The van der Waals surface area contributed by atoms with Crippen LogP contribution in [0.1, 0.15) is 23.1 Å². The third kappa shape index (κ3) is 4.28. The fourth-order valence-electron chi connectivity index (χ4n) is 2.71. The van der Waals surface area contributed by atoms with E-state index in [-0.39, 0.29) is 5.91 Å². The monoisotopic (exact) mass is 310 g/mol. The molecule has 1 aliphatic rings. The molecule has 7 heteroatoms. The summed E-state index contributed by atoms with van der Waals surface area (Å²) in [5, 5.41) is 14.1. The van der Waals surface area contributed by atoms with Gasteiger partial charge in [-0.1, -0.05) is 0 Å². The molecule has 0 spiro atoms. The minimum atomic E-state index is -0.470. The van der Waals surface area contributed by atoms with Gasteiger partial charge in [-0.15, -0.1) is 0 Å². The molecule has 0 aliphatic carbocycles. The number of β-amino-alcohol motifs (C(OH)–C–C–N with tert-alkyl or cyclic N) is 1. The van der Waals surface area contributed by atoms with Crippen LogP contribution in [0, 0.1) is 6.92 Å². The van der Waals surface area contributed by atoms with Crippen LogP contribution in [0.2, 0.25) is 0 Å². The Morgan fingerprint density at radius 1 is 1.41 bits per heavy atom. The van der Waals surface area contributed by atoms with Gasteiger partial charge in [0.2, 0.25) is 0 Å². The number of nitrogens with zero attached hydrogens (tertiary/aromatic N) is 4. The zero-order chi connectivity index (χ0) is 16.1. The summed E-state index contributed by atoms with van der Waals surface area (Å²) in [6, 6.07) is 1.82. The molecule has 1 aromatic heterocycles. The van der Waals surface area contributed by atoms with Gasteiger partial charge in [0.05, 0.1) is 18.4 Å². The highest BCUT2D eigenvalue weighted by Crippen LogP contribution is 2.10. The first kappa shape index (κ1) is 16.9. The largest absolute Gasteiger partial charge is 0.389 e. The Kier molecular flexibility index (Phi) is 5.93. The van der Waals surface area contributed by atoms with E-state index in [1.807, 2.05) is 24.8 Å². The van der Waals surface area contributed by atoms with Crippen LogP contribution in [0.4, 0.5) is 0 Å². The second kappa shape index (κ2) is 7.71. The zero-order valence-corrected chi connectivity index (χ0v) is 13.7.